The van der Waals surface area contributed by atoms with E-state index in [2.05, 4.69) is 24.8 Å². The van der Waals surface area contributed by atoms with E-state index in [1.165, 1.54) is 5.70 Å². The maximum absolute atomic E-state index is 5.45. The lowest BCUT2D eigenvalue weighted by Crippen LogP contribution is -2.25. The van der Waals surface area contributed by atoms with Gasteiger partial charge in [0.25, 0.3) is 0 Å². The SMILES string of the molecule is CCOCC=C(COCC)N(CC)CC. The Balaban J connectivity index is 4.20. The Morgan fingerprint density at radius 3 is 2.07 bits per heavy atom. The van der Waals surface area contributed by atoms with Crippen LogP contribution in [0.5, 0.6) is 0 Å². The van der Waals surface area contributed by atoms with Gasteiger partial charge in [0.05, 0.1) is 13.2 Å². The number of likely N-dealkylation sites (N-methyl/N-ethyl adjacent to an activating group) is 1. The molecule has 0 aromatic heterocycles. The van der Waals surface area contributed by atoms with Crippen LogP contribution in [0.3, 0.4) is 0 Å². The summed E-state index contributed by atoms with van der Waals surface area (Å²) in [4.78, 5) is 2.30. The molecule has 0 aliphatic heterocycles. The molecule has 0 fully saturated rings. The summed E-state index contributed by atoms with van der Waals surface area (Å²) in [5, 5.41) is 0. The summed E-state index contributed by atoms with van der Waals surface area (Å²) in [6.07, 6.45) is 2.12. The first-order chi connectivity index (χ1) is 7.29. The van der Waals surface area contributed by atoms with E-state index >= 15 is 0 Å². The maximum atomic E-state index is 5.45. The van der Waals surface area contributed by atoms with Crippen LogP contribution in [0, 0.1) is 0 Å². The fourth-order valence-corrected chi connectivity index (χ4v) is 1.39. The zero-order valence-electron chi connectivity index (χ0n) is 10.6. The van der Waals surface area contributed by atoms with Gasteiger partial charge in [-0.1, -0.05) is 0 Å². The third-order valence-corrected chi connectivity index (χ3v) is 2.26. The second kappa shape index (κ2) is 9.99. The second-order valence-corrected chi connectivity index (χ2v) is 3.16. The van der Waals surface area contributed by atoms with Crippen molar-refractivity contribution in [3.05, 3.63) is 11.8 Å². The smallest absolute Gasteiger partial charge is 0.0861 e. The van der Waals surface area contributed by atoms with Crippen molar-refractivity contribution in [1.82, 2.24) is 4.90 Å². The molecule has 0 aliphatic carbocycles. The van der Waals surface area contributed by atoms with Gasteiger partial charge in [0, 0.05) is 32.0 Å². The van der Waals surface area contributed by atoms with E-state index in [9.17, 15) is 0 Å². The van der Waals surface area contributed by atoms with Crippen molar-refractivity contribution in [2.45, 2.75) is 27.7 Å². The molecule has 0 bridgehead atoms. The lowest BCUT2D eigenvalue weighted by atomic mass is 10.3. The first-order valence-electron chi connectivity index (χ1n) is 5.89. The van der Waals surface area contributed by atoms with Gasteiger partial charge in [-0.2, -0.15) is 0 Å². The van der Waals surface area contributed by atoms with Crippen molar-refractivity contribution in [1.29, 1.82) is 0 Å². The van der Waals surface area contributed by atoms with Gasteiger partial charge in [-0.25, -0.2) is 0 Å². The summed E-state index contributed by atoms with van der Waals surface area (Å²) < 4.78 is 10.8. The number of rotatable bonds is 9. The largest absolute Gasteiger partial charge is 0.378 e. The van der Waals surface area contributed by atoms with E-state index < -0.39 is 0 Å². The first kappa shape index (κ1) is 14.5. The molecule has 0 aromatic carbocycles. The normalized spacial score (nSPS) is 11.9. The predicted molar refractivity (Wildman–Crippen MR) is 64.0 cm³/mol. The van der Waals surface area contributed by atoms with E-state index in [0.29, 0.717) is 13.2 Å². The average Bonchev–Trinajstić information content (AvgIpc) is 2.26. The monoisotopic (exact) mass is 215 g/mol. The average molecular weight is 215 g/mol. The Kier molecular flexibility index (Phi) is 9.63. The Labute approximate surface area is 94.1 Å². The molecule has 3 nitrogen and oxygen atoms in total. The van der Waals surface area contributed by atoms with Crippen molar-refractivity contribution >= 4 is 0 Å². The molecule has 0 heterocycles. The minimum atomic E-state index is 0.676. The lowest BCUT2D eigenvalue weighted by molar-refractivity contribution is 0.141. The minimum Gasteiger partial charge on any atom is -0.378 e. The van der Waals surface area contributed by atoms with Crippen molar-refractivity contribution in [2.75, 3.05) is 39.5 Å². The molecular formula is C12H25NO2. The van der Waals surface area contributed by atoms with E-state index in [0.717, 1.165) is 26.3 Å². The molecule has 0 aromatic rings. The highest BCUT2D eigenvalue weighted by Crippen LogP contribution is 2.04. The third-order valence-electron chi connectivity index (χ3n) is 2.26. The van der Waals surface area contributed by atoms with Crippen LogP contribution in [0.25, 0.3) is 0 Å². The van der Waals surface area contributed by atoms with Gasteiger partial charge in [0.15, 0.2) is 0 Å². The number of hydrogen-bond donors (Lipinski definition) is 0. The van der Waals surface area contributed by atoms with Crippen LogP contribution in [0.15, 0.2) is 11.8 Å². The van der Waals surface area contributed by atoms with Gasteiger partial charge in [0.1, 0.15) is 0 Å². The second-order valence-electron chi connectivity index (χ2n) is 3.16. The highest BCUT2D eigenvalue weighted by molar-refractivity contribution is 5.01. The van der Waals surface area contributed by atoms with E-state index in [1.807, 2.05) is 13.8 Å². The summed E-state index contributed by atoms with van der Waals surface area (Å²) in [7, 11) is 0. The van der Waals surface area contributed by atoms with Crippen molar-refractivity contribution in [2.24, 2.45) is 0 Å². The van der Waals surface area contributed by atoms with Crippen molar-refractivity contribution in [3.63, 3.8) is 0 Å². The van der Waals surface area contributed by atoms with Gasteiger partial charge in [-0.15, -0.1) is 0 Å². The van der Waals surface area contributed by atoms with Crippen LogP contribution >= 0.6 is 0 Å². The Bertz CT molecular complexity index is 165. The van der Waals surface area contributed by atoms with Crippen LogP contribution in [-0.2, 0) is 9.47 Å². The first-order valence-corrected chi connectivity index (χ1v) is 5.89. The Hall–Kier alpha value is -0.540. The number of ether oxygens (including phenoxy) is 2. The zero-order valence-corrected chi connectivity index (χ0v) is 10.6. The summed E-state index contributed by atoms with van der Waals surface area (Å²) in [5.74, 6) is 0. The van der Waals surface area contributed by atoms with Crippen molar-refractivity contribution < 1.29 is 9.47 Å². The van der Waals surface area contributed by atoms with Crippen LogP contribution in [0.4, 0.5) is 0 Å². The Morgan fingerprint density at radius 2 is 1.60 bits per heavy atom. The predicted octanol–water partition coefficient (Wildman–Crippen LogP) is 2.29. The molecule has 0 aliphatic rings. The topological polar surface area (TPSA) is 21.7 Å². The highest BCUT2D eigenvalue weighted by atomic mass is 16.5. The lowest BCUT2D eigenvalue weighted by Gasteiger charge is -2.24. The quantitative estimate of drug-likeness (QED) is 0.551. The van der Waals surface area contributed by atoms with Gasteiger partial charge >= 0.3 is 0 Å². The number of hydrogen-bond acceptors (Lipinski definition) is 3. The van der Waals surface area contributed by atoms with E-state index in [4.69, 9.17) is 9.47 Å². The van der Waals surface area contributed by atoms with Gasteiger partial charge in [-0.3, -0.25) is 0 Å². The fraction of sp³-hybridized carbons (Fsp3) is 0.833. The third kappa shape index (κ3) is 6.52. The van der Waals surface area contributed by atoms with Gasteiger partial charge < -0.3 is 14.4 Å². The molecule has 15 heavy (non-hydrogen) atoms. The van der Waals surface area contributed by atoms with Gasteiger partial charge in [-0.05, 0) is 33.8 Å². The molecule has 90 valence electrons. The van der Waals surface area contributed by atoms with Crippen LogP contribution in [0.2, 0.25) is 0 Å². The van der Waals surface area contributed by atoms with Crippen molar-refractivity contribution in [3.8, 4) is 0 Å². The molecule has 0 N–H and O–H groups in total. The van der Waals surface area contributed by atoms with E-state index in [-0.39, 0.29) is 0 Å². The zero-order chi connectivity index (χ0) is 11.5. The molecule has 0 radical (unpaired) electrons. The summed E-state index contributed by atoms with van der Waals surface area (Å²) >= 11 is 0. The van der Waals surface area contributed by atoms with Crippen LogP contribution < -0.4 is 0 Å². The molecule has 0 rings (SSSR count). The summed E-state index contributed by atoms with van der Waals surface area (Å²) in [5.41, 5.74) is 1.23. The van der Waals surface area contributed by atoms with E-state index in [1.54, 1.807) is 0 Å². The number of nitrogens with zero attached hydrogens (tertiary/aromatic N) is 1. The summed E-state index contributed by atoms with van der Waals surface area (Å²) in [6.45, 7) is 13.2. The van der Waals surface area contributed by atoms with Crippen LogP contribution in [-0.4, -0.2) is 44.4 Å². The Morgan fingerprint density at radius 1 is 1.00 bits per heavy atom. The fourth-order valence-electron chi connectivity index (χ4n) is 1.39. The molecule has 0 saturated carbocycles. The molecule has 0 saturated heterocycles. The molecular weight excluding hydrogens is 190 g/mol. The van der Waals surface area contributed by atoms with Gasteiger partial charge in [0.2, 0.25) is 0 Å². The maximum Gasteiger partial charge on any atom is 0.0861 e. The highest BCUT2D eigenvalue weighted by Gasteiger charge is 2.04. The molecule has 0 unspecified atom stereocenters. The summed E-state index contributed by atoms with van der Waals surface area (Å²) in [6, 6.07) is 0. The molecule has 3 heteroatoms. The molecule has 0 atom stereocenters. The standard InChI is InChI=1S/C12H25NO2/c1-5-13(6-2)12(11-15-8-4)9-10-14-7-3/h9H,5-8,10-11H2,1-4H3. The minimum absolute atomic E-state index is 0.676. The van der Waals surface area contributed by atoms with Crippen LogP contribution in [0.1, 0.15) is 27.7 Å². The molecule has 0 amide bonds. The molecule has 0 spiro atoms.